The summed E-state index contributed by atoms with van der Waals surface area (Å²) in [4.78, 5) is 22.7. The minimum atomic E-state index is -1.09. The number of carboxylic acids is 1. The van der Waals surface area contributed by atoms with Crippen LogP contribution in [0.4, 0.5) is 10.5 Å². The van der Waals surface area contributed by atoms with E-state index in [1.54, 1.807) is 0 Å². The van der Waals surface area contributed by atoms with Crippen molar-refractivity contribution in [2.45, 2.75) is 25.7 Å². The van der Waals surface area contributed by atoms with E-state index in [2.05, 4.69) is 16.7 Å². The largest absolute Gasteiger partial charge is 0.478 e. The highest BCUT2D eigenvalue weighted by atomic mass is 35.5. The van der Waals surface area contributed by atoms with Crippen LogP contribution in [-0.4, -0.2) is 23.7 Å². The maximum atomic E-state index is 11.7. The third-order valence-corrected chi connectivity index (χ3v) is 3.49. The van der Waals surface area contributed by atoms with E-state index in [-0.39, 0.29) is 16.6 Å². The van der Waals surface area contributed by atoms with Gasteiger partial charge in [0.1, 0.15) is 0 Å². The second kappa shape index (κ2) is 7.13. The van der Waals surface area contributed by atoms with Crippen molar-refractivity contribution in [1.82, 2.24) is 5.32 Å². The van der Waals surface area contributed by atoms with Gasteiger partial charge in [0.05, 0.1) is 5.56 Å². The Labute approximate surface area is 128 Å². The molecule has 2 amide bonds. The SMILES string of the molecule is O=C(NCCC1=CCCC1)Nc1cc(Cl)cc(C(=O)O)c1. The van der Waals surface area contributed by atoms with Crippen molar-refractivity contribution in [3.05, 3.63) is 40.4 Å². The Bertz CT molecular complexity index is 584. The number of halogens is 1. The summed E-state index contributed by atoms with van der Waals surface area (Å²) in [6.07, 6.45) is 6.50. The number of amides is 2. The molecule has 1 aromatic rings. The van der Waals surface area contributed by atoms with Crippen molar-refractivity contribution in [3.63, 3.8) is 0 Å². The summed E-state index contributed by atoms with van der Waals surface area (Å²) in [5.41, 5.74) is 1.78. The van der Waals surface area contributed by atoms with Gasteiger partial charge in [-0.15, -0.1) is 0 Å². The number of carboxylic acid groups (broad SMARTS) is 1. The number of aromatic carboxylic acids is 1. The molecule has 3 N–H and O–H groups in total. The van der Waals surface area contributed by atoms with Crippen molar-refractivity contribution < 1.29 is 14.7 Å². The second-order valence-electron chi connectivity index (χ2n) is 4.92. The molecule has 21 heavy (non-hydrogen) atoms. The smallest absolute Gasteiger partial charge is 0.335 e. The van der Waals surface area contributed by atoms with Crippen molar-refractivity contribution in [2.24, 2.45) is 0 Å². The van der Waals surface area contributed by atoms with Crippen LogP contribution in [0.25, 0.3) is 0 Å². The van der Waals surface area contributed by atoms with E-state index in [0.29, 0.717) is 12.2 Å². The van der Waals surface area contributed by atoms with Crippen LogP contribution in [-0.2, 0) is 0 Å². The Morgan fingerprint density at radius 2 is 2.10 bits per heavy atom. The van der Waals surface area contributed by atoms with Gasteiger partial charge < -0.3 is 15.7 Å². The highest BCUT2D eigenvalue weighted by molar-refractivity contribution is 6.31. The van der Waals surface area contributed by atoms with Gasteiger partial charge in [-0.1, -0.05) is 23.3 Å². The van der Waals surface area contributed by atoms with Crippen LogP contribution < -0.4 is 10.6 Å². The summed E-state index contributed by atoms with van der Waals surface area (Å²) in [6, 6.07) is 3.84. The number of rotatable bonds is 5. The van der Waals surface area contributed by atoms with Crippen molar-refractivity contribution in [1.29, 1.82) is 0 Å². The summed E-state index contributed by atoms with van der Waals surface area (Å²) >= 11 is 5.83. The van der Waals surface area contributed by atoms with Gasteiger partial charge in [-0.05, 0) is 43.9 Å². The molecule has 1 aliphatic carbocycles. The number of urea groups is 1. The first-order chi connectivity index (χ1) is 10.0. The van der Waals surface area contributed by atoms with Gasteiger partial charge in [-0.3, -0.25) is 0 Å². The van der Waals surface area contributed by atoms with Crippen molar-refractivity contribution in [2.75, 3.05) is 11.9 Å². The lowest BCUT2D eigenvalue weighted by atomic mass is 10.2. The molecular weight excluding hydrogens is 292 g/mol. The molecule has 0 fully saturated rings. The number of carbonyl (C=O) groups is 2. The molecule has 0 aromatic heterocycles. The minimum Gasteiger partial charge on any atom is -0.478 e. The van der Waals surface area contributed by atoms with Crippen molar-refractivity contribution in [3.8, 4) is 0 Å². The Balaban J connectivity index is 1.85. The standard InChI is InChI=1S/C15H17ClN2O3/c16-12-7-11(14(19)20)8-13(9-12)18-15(21)17-6-5-10-3-1-2-4-10/h3,7-9H,1-2,4-6H2,(H,19,20)(H2,17,18,21). The van der Waals surface area contributed by atoms with E-state index >= 15 is 0 Å². The maximum Gasteiger partial charge on any atom is 0.335 e. The Hall–Kier alpha value is -2.01. The van der Waals surface area contributed by atoms with Gasteiger partial charge in [0.2, 0.25) is 0 Å². The molecule has 1 aliphatic rings. The average molecular weight is 309 g/mol. The van der Waals surface area contributed by atoms with E-state index in [9.17, 15) is 9.59 Å². The van der Waals surface area contributed by atoms with Crippen molar-refractivity contribution >= 4 is 29.3 Å². The van der Waals surface area contributed by atoms with Crippen LogP contribution in [0, 0.1) is 0 Å². The molecule has 5 nitrogen and oxygen atoms in total. The van der Waals surface area contributed by atoms with E-state index < -0.39 is 5.97 Å². The lowest BCUT2D eigenvalue weighted by Crippen LogP contribution is -2.29. The van der Waals surface area contributed by atoms with E-state index in [1.165, 1.54) is 30.2 Å². The molecule has 0 unspecified atom stereocenters. The number of allylic oxidation sites excluding steroid dienone is 1. The lowest BCUT2D eigenvalue weighted by Gasteiger charge is -2.09. The first-order valence-electron chi connectivity index (χ1n) is 6.81. The summed E-state index contributed by atoms with van der Waals surface area (Å²) in [6.45, 7) is 0.560. The number of carbonyl (C=O) groups excluding carboxylic acids is 1. The van der Waals surface area contributed by atoms with Gasteiger partial charge in [0.25, 0.3) is 0 Å². The number of anilines is 1. The van der Waals surface area contributed by atoms with Crippen LogP contribution in [0.2, 0.25) is 5.02 Å². The van der Waals surface area contributed by atoms with Crippen LogP contribution >= 0.6 is 11.6 Å². The fraction of sp³-hybridized carbons (Fsp3) is 0.333. The van der Waals surface area contributed by atoms with E-state index in [4.69, 9.17) is 16.7 Å². The molecule has 1 aromatic carbocycles. The van der Waals surface area contributed by atoms with Gasteiger partial charge >= 0.3 is 12.0 Å². The third-order valence-electron chi connectivity index (χ3n) is 3.27. The maximum absolute atomic E-state index is 11.7. The average Bonchev–Trinajstić information content (AvgIpc) is 2.91. The number of hydrogen-bond donors (Lipinski definition) is 3. The molecule has 0 spiro atoms. The summed E-state index contributed by atoms with van der Waals surface area (Å²) in [5, 5.41) is 14.5. The molecule has 0 radical (unpaired) electrons. The topological polar surface area (TPSA) is 78.4 Å². The zero-order valence-corrected chi connectivity index (χ0v) is 12.2. The number of benzene rings is 1. The zero-order valence-electron chi connectivity index (χ0n) is 11.5. The first kappa shape index (κ1) is 15.4. The molecule has 0 atom stereocenters. The third kappa shape index (κ3) is 4.79. The van der Waals surface area contributed by atoms with E-state index in [1.807, 2.05) is 0 Å². The summed E-state index contributed by atoms with van der Waals surface area (Å²) < 4.78 is 0. The highest BCUT2D eigenvalue weighted by Gasteiger charge is 2.09. The first-order valence-corrected chi connectivity index (χ1v) is 7.19. The van der Waals surface area contributed by atoms with Gasteiger partial charge in [0, 0.05) is 17.3 Å². The Kier molecular flexibility index (Phi) is 5.22. The quantitative estimate of drug-likeness (QED) is 0.726. The van der Waals surface area contributed by atoms with E-state index in [0.717, 1.165) is 19.3 Å². The fourth-order valence-electron chi connectivity index (χ4n) is 2.26. The molecule has 0 bridgehead atoms. The van der Waals surface area contributed by atoms with Gasteiger partial charge in [-0.2, -0.15) is 0 Å². The minimum absolute atomic E-state index is 0.0360. The molecular formula is C15H17ClN2O3. The monoisotopic (exact) mass is 308 g/mol. The zero-order chi connectivity index (χ0) is 15.2. The number of nitrogens with one attached hydrogen (secondary N) is 2. The lowest BCUT2D eigenvalue weighted by molar-refractivity contribution is 0.0697. The van der Waals surface area contributed by atoms with Crippen LogP contribution in [0.15, 0.2) is 29.8 Å². The molecule has 6 heteroatoms. The predicted molar refractivity (Wildman–Crippen MR) is 82.0 cm³/mol. The molecule has 2 rings (SSSR count). The van der Waals surface area contributed by atoms with Crippen LogP contribution in [0.5, 0.6) is 0 Å². The summed E-state index contributed by atoms with van der Waals surface area (Å²) in [5.74, 6) is -1.09. The fourth-order valence-corrected chi connectivity index (χ4v) is 2.50. The molecule has 112 valence electrons. The summed E-state index contributed by atoms with van der Waals surface area (Å²) in [7, 11) is 0. The van der Waals surface area contributed by atoms with Gasteiger partial charge in [0.15, 0.2) is 0 Å². The van der Waals surface area contributed by atoms with Crippen LogP contribution in [0.3, 0.4) is 0 Å². The Morgan fingerprint density at radius 3 is 2.76 bits per heavy atom. The van der Waals surface area contributed by atoms with Gasteiger partial charge in [-0.25, -0.2) is 9.59 Å². The van der Waals surface area contributed by atoms with Crippen LogP contribution in [0.1, 0.15) is 36.0 Å². The normalized spacial score (nSPS) is 13.7. The Morgan fingerprint density at radius 1 is 1.29 bits per heavy atom. The molecule has 0 heterocycles. The highest BCUT2D eigenvalue weighted by Crippen LogP contribution is 2.20. The molecule has 0 saturated carbocycles. The predicted octanol–water partition coefficient (Wildman–Crippen LogP) is 3.66. The number of hydrogen-bond acceptors (Lipinski definition) is 2. The molecule has 0 aliphatic heterocycles. The molecule has 0 saturated heterocycles. The second-order valence-corrected chi connectivity index (χ2v) is 5.36.